The van der Waals surface area contributed by atoms with Crippen LogP contribution in [0.5, 0.6) is 69.0 Å². The molecular weight excluding hydrogens is 600 g/mol. The topological polar surface area (TPSA) is 55.4 Å². The van der Waals surface area contributed by atoms with Gasteiger partial charge in [0.25, 0.3) is 0 Å². The molecule has 48 heavy (non-hydrogen) atoms. The summed E-state index contributed by atoms with van der Waals surface area (Å²) in [6, 6.07) is 56.6. The van der Waals surface area contributed by atoms with Gasteiger partial charge in [0.2, 0.25) is 0 Å². The molecule has 0 aliphatic carbocycles. The van der Waals surface area contributed by atoms with Crippen LogP contribution in [-0.4, -0.2) is 0 Å². The summed E-state index contributed by atoms with van der Waals surface area (Å²) in [5, 5.41) is 0. The summed E-state index contributed by atoms with van der Waals surface area (Å²) in [6.45, 7) is 0. The van der Waals surface area contributed by atoms with Crippen LogP contribution in [0, 0.1) is 0 Å². The van der Waals surface area contributed by atoms with Crippen molar-refractivity contribution in [1.82, 2.24) is 0 Å². The van der Waals surface area contributed by atoms with Gasteiger partial charge in [0.15, 0.2) is 11.5 Å². The standard InChI is InChI=1S/C42H30O6/c1-3-11-31(12-4-1)43-33-21-25-35(26-22-33)45-37-15-9-17-39(29-37)47-41-19-7-8-20-42(41)48-40-18-10-16-38(30-40)46-36-27-23-34(24-28-36)44-32-13-5-2-6-14-32/h1-30H. The van der Waals surface area contributed by atoms with Crippen LogP contribution in [0.3, 0.4) is 0 Å². The molecule has 0 amide bonds. The summed E-state index contributed by atoms with van der Waals surface area (Å²) in [5.41, 5.74) is 0. The molecule has 6 nitrogen and oxygen atoms in total. The molecule has 0 aliphatic rings. The highest BCUT2D eigenvalue weighted by atomic mass is 16.5. The Balaban J connectivity index is 0.982. The fourth-order valence-electron chi connectivity index (χ4n) is 4.75. The molecule has 7 aromatic rings. The molecular formula is C42H30O6. The van der Waals surface area contributed by atoms with Crippen molar-refractivity contribution in [3.8, 4) is 69.0 Å². The molecule has 0 spiro atoms. The van der Waals surface area contributed by atoms with Crippen LogP contribution >= 0.6 is 0 Å². The maximum Gasteiger partial charge on any atom is 0.169 e. The first kappa shape index (κ1) is 30.0. The van der Waals surface area contributed by atoms with Gasteiger partial charge in [-0.15, -0.1) is 0 Å². The van der Waals surface area contributed by atoms with E-state index < -0.39 is 0 Å². The van der Waals surface area contributed by atoms with Gasteiger partial charge in [-0.2, -0.15) is 0 Å². The van der Waals surface area contributed by atoms with Crippen molar-refractivity contribution in [2.75, 3.05) is 0 Å². The van der Waals surface area contributed by atoms with Crippen LogP contribution in [-0.2, 0) is 0 Å². The van der Waals surface area contributed by atoms with Gasteiger partial charge in [0.05, 0.1) is 0 Å². The Hall–Kier alpha value is -6.66. The lowest BCUT2D eigenvalue weighted by Crippen LogP contribution is -1.92. The Labute approximate surface area is 278 Å². The molecule has 0 aromatic heterocycles. The van der Waals surface area contributed by atoms with Crippen molar-refractivity contribution in [3.05, 3.63) is 182 Å². The molecule has 0 aliphatic heterocycles. The highest BCUT2D eigenvalue weighted by Crippen LogP contribution is 2.37. The Morgan fingerprint density at radius 1 is 0.188 bits per heavy atom. The highest BCUT2D eigenvalue weighted by molar-refractivity contribution is 5.48. The predicted molar refractivity (Wildman–Crippen MR) is 186 cm³/mol. The zero-order valence-corrected chi connectivity index (χ0v) is 25.8. The molecule has 0 fully saturated rings. The van der Waals surface area contributed by atoms with Crippen molar-refractivity contribution in [2.45, 2.75) is 0 Å². The third-order valence-corrected chi connectivity index (χ3v) is 6.99. The smallest absolute Gasteiger partial charge is 0.169 e. The van der Waals surface area contributed by atoms with Gasteiger partial charge in [0.1, 0.15) is 57.5 Å². The molecule has 0 radical (unpaired) electrons. The second-order valence-corrected chi connectivity index (χ2v) is 10.6. The molecule has 7 aromatic carbocycles. The van der Waals surface area contributed by atoms with Crippen LogP contribution < -0.4 is 28.4 Å². The van der Waals surface area contributed by atoms with Crippen molar-refractivity contribution in [1.29, 1.82) is 0 Å². The Kier molecular flexibility index (Phi) is 9.15. The van der Waals surface area contributed by atoms with Gasteiger partial charge in [-0.1, -0.05) is 60.7 Å². The van der Waals surface area contributed by atoms with E-state index >= 15 is 0 Å². The lowest BCUT2D eigenvalue weighted by molar-refractivity contribution is 0.412. The molecule has 0 unspecified atom stereocenters. The Bertz CT molecular complexity index is 1910. The zero-order chi connectivity index (χ0) is 32.4. The molecule has 0 heterocycles. The van der Waals surface area contributed by atoms with E-state index in [0.717, 1.165) is 23.0 Å². The molecule has 234 valence electrons. The van der Waals surface area contributed by atoms with Crippen LogP contribution in [0.25, 0.3) is 0 Å². The average molecular weight is 631 g/mol. The normalized spacial score (nSPS) is 10.5. The summed E-state index contributed by atoms with van der Waals surface area (Å²) in [4.78, 5) is 0. The van der Waals surface area contributed by atoms with E-state index in [9.17, 15) is 0 Å². The fourth-order valence-corrected chi connectivity index (χ4v) is 4.75. The van der Waals surface area contributed by atoms with Crippen molar-refractivity contribution < 1.29 is 28.4 Å². The van der Waals surface area contributed by atoms with Crippen LogP contribution in [0.15, 0.2) is 182 Å². The largest absolute Gasteiger partial charge is 0.457 e. The number of hydrogen-bond donors (Lipinski definition) is 0. The van der Waals surface area contributed by atoms with Crippen molar-refractivity contribution in [2.24, 2.45) is 0 Å². The van der Waals surface area contributed by atoms with Gasteiger partial charge >= 0.3 is 0 Å². The molecule has 7 rings (SSSR count). The zero-order valence-electron chi connectivity index (χ0n) is 25.8. The van der Waals surface area contributed by atoms with Crippen LogP contribution in [0.4, 0.5) is 0 Å². The quantitative estimate of drug-likeness (QED) is 0.134. The van der Waals surface area contributed by atoms with Crippen molar-refractivity contribution >= 4 is 0 Å². The van der Waals surface area contributed by atoms with E-state index in [1.165, 1.54) is 0 Å². The third-order valence-electron chi connectivity index (χ3n) is 6.99. The van der Waals surface area contributed by atoms with E-state index in [2.05, 4.69) is 0 Å². The maximum absolute atomic E-state index is 6.26. The summed E-state index contributed by atoms with van der Waals surface area (Å²) in [5.74, 6) is 7.92. The minimum Gasteiger partial charge on any atom is -0.457 e. The van der Waals surface area contributed by atoms with E-state index in [1.54, 1.807) is 0 Å². The van der Waals surface area contributed by atoms with E-state index in [4.69, 9.17) is 28.4 Å². The summed E-state index contributed by atoms with van der Waals surface area (Å²) < 4.78 is 36.5. The number of rotatable bonds is 12. The average Bonchev–Trinajstić information content (AvgIpc) is 3.12. The van der Waals surface area contributed by atoms with Gasteiger partial charge in [-0.05, 0) is 109 Å². The van der Waals surface area contributed by atoms with Gasteiger partial charge in [0, 0.05) is 12.1 Å². The SMILES string of the molecule is c1ccc(Oc2ccc(Oc3cccc(Oc4ccccc4Oc4cccc(Oc5ccc(Oc6ccccc6)cc5)c4)c3)cc2)cc1. The monoisotopic (exact) mass is 630 g/mol. The summed E-state index contributed by atoms with van der Waals surface area (Å²) in [7, 11) is 0. The second-order valence-electron chi connectivity index (χ2n) is 10.6. The number of benzene rings is 7. The van der Waals surface area contributed by atoms with Crippen molar-refractivity contribution in [3.63, 3.8) is 0 Å². The summed E-state index contributed by atoms with van der Waals surface area (Å²) in [6.07, 6.45) is 0. The number of para-hydroxylation sites is 4. The van der Waals surface area contributed by atoms with E-state index in [1.807, 2.05) is 182 Å². The Morgan fingerprint density at radius 2 is 0.438 bits per heavy atom. The van der Waals surface area contributed by atoms with Crippen LogP contribution in [0.2, 0.25) is 0 Å². The van der Waals surface area contributed by atoms with Crippen LogP contribution in [0.1, 0.15) is 0 Å². The first-order valence-corrected chi connectivity index (χ1v) is 15.4. The lowest BCUT2D eigenvalue weighted by atomic mass is 10.3. The fraction of sp³-hybridized carbons (Fsp3) is 0. The Morgan fingerprint density at radius 3 is 0.792 bits per heavy atom. The maximum atomic E-state index is 6.26. The summed E-state index contributed by atoms with van der Waals surface area (Å²) >= 11 is 0. The number of ether oxygens (including phenoxy) is 6. The minimum absolute atomic E-state index is 0.553. The molecule has 0 atom stereocenters. The lowest BCUT2D eigenvalue weighted by Gasteiger charge is -2.14. The minimum atomic E-state index is 0.553. The van der Waals surface area contributed by atoms with Gasteiger partial charge in [-0.3, -0.25) is 0 Å². The molecule has 6 heteroatoms. The third kappa shape index (κ3) is 8.13. The molecule has 0 N–H and O–H groups in total. The first-order valence-electron chi connectivity index (χ1n) is 15.4. The van der Waals surface area contributed by atoms with Gasteiger partial charge < -0.3 is 28.4 Å². The molecule has 0 saturated carbocycles. The second kappa shape index (κ2) is 14.6. The number of hydrogen-bond acceptors (Lipinski definition) is 6. The highest BCUT2D eigenvalue weighted by Gasteiger charge is 2.10. The van der Waals surface area contributed by atoms with Gasteiger partial charge in [-0.25, -0.2) is 0 Å². The predicted octanol–water partition coefficient (Wildman–Crippen LogP) is 12.4. The van der Waals surface area contributed by atoms with E-state index in [-0.39, 0.29) is 0 Å². The first-order chi connectivity index (χ1) is 23.7. The molecule has 0 saturated heterocycles. The van der Waals surface area contributed by atoms with E-state index in [0.29, 0.717) is 46.0 Å². The molecule has 0 bridgehead atoms.